The number of methoxy groups -OCH3 is 1. The summed E-state index contributed by atoms with van der Waals surface area (Å²) in [5.74, 6) is -0.456. The van der Waals surface area contributed by atoms with E-state index in [-0.39, 0.29) is 6.61 Å². The summed E-state index contributed by atoms with van der Waals surface area (Å²) in [6, 6.07) is 10.9. The number of pyridine rings is 2. The highest BCUT2D eigenvalue weighted by Gasteiger charge is 2.11. The number of carbonyl (C=O) groups is 1. The van der Waals surface area contributed by atoms with E-state index in [4.69, 9.17) is 16.3 Å². The van der Waals surface area contributed by atoms with Gasteiger partial charge in [0, 0.05) is 23.7 Å². The number of halogens is 1. The van der Waals surface area contributed by atoms with E-state index in [0.29, 0.717) is 28.4 Å². The fraction of sp³-hybridized carbons (Fsp3) is 0.167. The highest BCUT2D eigenvalue weighted by Crippen LogP contribution is 2.20. The number of aliphatic hydroxyl groups excluding tert-OH is 1. The van der Waals surface area contributed by atoms with Crippen LogP contribution in [0.5, 0.6) is 0 Å². The number of aromatic nitrogens is 2. The maximum Gasteiger partial charge on any atom is 0.337 e. The zero-order valence-corrected chi connectivity index (χ0v) is 13.7. The number of hydrogen-bond donors (Lipinski definition) is 1. The van der Waals surface area contributed by atoms with Gasteiger partial charge in [-0.15, -0.1) is 0 Å². The summed E-state index contributed by atoms with van der Waals surface area (Å²) in [6.07, 6.45) is 2.12. The molecule has 0 atom stereocenters. The first-order chi connectivity index (χ1) is 11.6. The van der Waals surface area contributed by atoms with Crippen molar-refractivity contribution < 1.29 is 14.6 Å². The molecule has 24 heavy (non-hydrogen) atoms. The summed E-state index contributed by atoms with van der Waals surface area (Å²) in [6.45, 7) is -0.241. The minimum Gasteiger partial charge on any atom is -0.465 e. The molecule has 0 radical (unpaired) electrons. The van der Waals surface area contributed by atoms with Gasteiger partial charge in [0.2, 0.25) is 0 Å². The fourth-order valence-corrected chi connectivity index (χ4v) is 2.70. The molecule has 3 rings (SSSR count). The summed E-state index contributed by atoms with van der Waals surface area (Å²) in [5, 5.41) is 10.9. The predicted octanol–water partition coefficient (Wildman–Crippen LogP) is 3.15. The predicted molar refractivity (Wildman–Crippen MR) is 91.1 cm³/mol. The first-order valence-corrected chi connectivity index (χ1v) is 7.70. The third kappa shape index (κ3) is 3.53. The Kier molecular flexibility index (Phi) is 4.74. The second-order valence-corrected chi connectivity index (χ2v) is 5.78. The molecule has 0 unspecified atom stereocenters. The number of hydrogen-bond acceptors (Lipinski definition) is 5. The van der Waals surface area contributed by atoms with Crippen LogP contribution in [0.3, 0.4) is 0 Å². The van der Waals surface area contributed by atoms with Gasteiger partial charge in [-0.05, 0) is 35.9 Å². The average molecular weight is 343 g/mol. The quantitative estimate of drug-likeness (QED) is 0.737. The molecular weight excluding hydrogens is 328 g/mol. The summed E-state index contributed by atoms with van der Waals surface area (Å²) in [5.41, 5.74) is 3.34. The first kappa shape index (κ1) is 16.4. The van der Waals surface area contributed by atoms with Gasteiger partial charge in [-0.1, -0.05) is 17.7 Å². The average Bonchev–Trinajstić information content (AvgIpc) is 2.60. The molecule has 1 N–H and O–H groups in total. The number of rotatable bonds is 4. The van der Waals surface area contributed by atoms with E-state index in [1.165, 1.54) is 13.2 Å². The molecule has 6 heteroatoms. The Hall–Kier alpha value is -2.50. The van der Waals surface area contributed by atoms with E-state index in [1.807, 2.05) is 24.3 Å². The number of carbonyl (C=O) groups excluding carboxylic acids is 1. The van der Waals surface area contributed by atoms with Gasteiger partial charge in [-0.2, -0.15) is 0 Å². The number of benzene rings is 1. The van der Waals surface area contributed by atoms with Gasteiger partial charge in [0.05, 0.1) is 35.5 Å². The van der Waals surface area contributed by atoms with Crippen molar-refractivity contribution in [2.24, 2.45) is 0 Å². The molecule has 0 bridgehead atoms. The standard InChI is InChI=1S/C18H15ClN2O3/c1-24-18(23)13-7-15(21-16(8-13)10-22)5-11-2-3-17-12(4-11)6-14(19)9-20-17/h2-4,6-9,22H,5,10H2,1H3. The zero-order valence-electron chi connectivity index (χ0n) is 13.0. The summed E-state index contributed by atoms with van der Waals surface area (Å²) in [4.78, 5) is 20.4. The fourth-order valence-electron chi connectivity index (χ4n) is 2.53. The third-order valence-corrected chi connectivity index (χ3v) is 3.82. The Morgan fingerprint density at radius 1 is 1.21 bits per heavy atom. The summed E-state index contributed by atoms with van der Waals surface area (Å²) >= 11 is 5.99. The van der Waals surface area contributed by atoms with E-state index in [2.05, 4.69) is 9.97 Å². The molecule has 0 saturated carbocycles. The lowest BCUT2D eigenvalue weighted by molar-refractivity contribution is 0.0600. The molecule has 1 aromatic carbocycles. The lowest BCUT2D eigenvalue weighted by Crippen LogP contribution is -2.06. The number of fused-ring (bicyclic) bond motifs is 1. The first-order valence-electron chi connectivity index (χ1n) is 7.32. The van der Waals surface area contributed by atoms with Gasteiger partial charge < -0.3 is 9.84 Å². The van der Waals surface area contributed by atoms with Gasteiger partial charge in [-0.25, -0.2) is 4.79 Å². The second kappa shape index (κ2) is 6.95. The van der Waals surface area contributed by atoms with Crippen LogP contribution in [0, 0.1) is 0 Å². The molecule has 0 aliphatic heterocycles. The van der Waals surface area contributed by atoms with E-state index in [9.17, 15) is 9.90 Å². The van der Waals surface area contributed by atoms with Crippen LogP contribution in [0.25, 0.3) is 10.9 Å². The molecule has 3 aromatic rings. The SMILES string of the molecule is COC(=O)c1cc(CO)nc(Cc2ccc3ncc(Cl)cc3c2)c1. The zero-order chi connectivity index (χ0) is 17.1. The molecule has 0 aliphatic carbocycles. The molecule has 2 heterocycles. The maximum atomic E-state index is 11.7. The Labute approximate surface area is 143 Å². The lowest BCUT2D eigenvalue weighted by Gasteiger charge is -2.08. The van der Waals surface area contributed by atoms with Gasteiger partial charge in [0.15, 0.2) is 0 Å². The van der Waals surface area contributed by atoms with Crippen molar-refractivity contribution >= 4 is 28.5 Å². The van der Waals surface area contributed by atoms with Crippen LogP contribution in [0.1, 0.15) is 27.3 Å². The van der Waals surface area contributed by atoms with Crippen LogP contribution in [0.2, 0.25) is 5.02 Å². The third-order valence-electron chi connectivity index (χ3n) is 3.61. The van der Waals surface area contributed by atoms with E-state index in [0.717, 1.165) is 16.5 Å². The Balaban J connectivity index is 1.96. The van der Waals surface area contributed by atoms with E-state index >= 15 is 0 Å². The lowest BCUT2D eigenvalue weighted by atomic mass is 10.0. The Morgan fingerprint density at radius 3 is 2.75 bits per heavy atom. The smallest absolute Gasteiger partial charge is 0.337 e. The van der Waals surface area contributed by atoms with Crippen molar-refractivity contribution in [3.8, 4) is 0 Å². The summed E-state index contributed by atoms with van der Waals surface area (Å²) in [7, 11) is 1.32. The van der Waals surface area contributed by atoms with Crippen LogP contribution >= 0.6 is 11.6 Å². The number of esters is 1. The highest BCUT2D eigenvalue weighted by molar-refractivity contribution is 6.31. The van der Waals surface area contributed by atoms with Crippen LogP contribution < -0.4 is 0 Å². The minimum atomic E-state index is -0.456. The van der Waals surface area contributed by atoms with Gasteiger partial charge in [-0.3, -0.25) is 9.97 Å². The molecule has 0 spiro atoms. The highest BCUT2D eigenvalue weighted by atomic mass is 35.5. The van der Waals surface area contributed by atoms with E-state index < -0.39 is 5.97 Å². The van der Waals surface area contributed by atoms with Crippen molar-refractivity contribution in [2.45, 2.75) is 13.0 Å². The van der Waals surface area contributed by atoms with Gasteiger partial charge >= 0.3 is 5.97 Å². The Bertz CT molecular complexity index is 912. The normalized spacial score (nSPS) is 10.8. The van der Waals surface area contributed by atoms with Crippen molar-refractivity contribution in [1.82, 2.24) is 9.97 Å². The molecule has 0 saturated heterocycles. The van der Waals surface area contributed by atoms with Crippen molar-refractivity contribution in [3.05, 3.63) is 70.1 Å². The van der Waals surface area contributed by atoms with Crippen LogP contribution in [-0.4, -0.2) is 28.2 Å². The minimum absolute atomic E-state index is 0.241. The number of nitrogens with zero attached hydrogens (tertiary/aromatic N) is 2. The topological polar surface area (TPSA) is 72.3 Å². The molecule has 0 fully saturated rings. The number of ether oxygens (including phenoxy) is 1. The van der Waals surface area contributed by atoms with Crippen molar-refractivity contribution in [3.63, 3.8) is 0 Å². The Morgan fingerprint density at radius 2 is 2.00 bits per heavy atom. The monoisotopic (exact) mass is 342 g/mol. The second-order valence-electron chi connectivity index (χ2n) is 5.35. The maximum absolute atomic E-state index is 11.7. The molecule has 2 aromatic heterocycles. The van der Waals surface area contributed by atoms with Gasteiger partial charge in [0.1, 0.15) is 0 Å². The molecule has 0 aliphatic rings. The van der Waals surface area contributed by atoms with E-state index in [1.54, 1.807) is 12.3 Å². The van der Waals surface area contributed by atoms with Crippen LogP contribution in [0.15, 0.2) is 42.6 Å². The van der Waals surface area contributed by atoms with Crippen LogP contribution in [-0.2, 0) is 17.8 Å². The number of aliphatic hydroxyl groups is 1. The van der Waals surface area contributed by atoms with Crippen molar-refractivity contribution in [1.29, 1.82) is 0 Å². The molecule has 5 nitrogen and oxygen atoms in total. The molecule has 122 valence electrons. The molecular formula is C18H15ClN2O3. The molecule has 0 amide bonds. The van der Waals surface area contributed by atoms with Crippen LogP contribution in [0.4, 0.5) is 0 Å². The summed E-state index contributed by atoms with van der Waals surface area (Å²) < 4.78 is 4.74. The largest absolute Gasteiger partial charge is 0.465 e. The van der Waals surface area contributed by atoms with Gasteiger partial charge in [0.25, 0.3) is 0 Å². The van der Waals surface area contributed by atoms with Crippen molar-refractivity contribution in [2.75, 3.05) is 7.11 Å².